The number of fused-ring (bicyclic) bond motifs is 1. The molecule has 1 heterocycles. The molecule has 28 heavy (non-hydrogen) atoms. The predicted molar refractivity (Wildman–Crippen MR) is 103 cm³/mol. The van der Waals surface area contributed by atoms with Crippen LogP contribution in [0.15, 0.2) is 36.4 Å². The van der Waals surface area contributed by atoms with Gasteiger partial charge in [-0.15, -0.1) is 0 Å². The number of hydrogen-bond donors (Lipinski definition) is 2. The third-order valence-corrected chi connectivity index (χ3v) is 4.58. The molecule has 0 aliphatic carbocycles. The highest BCUT2D eigenvalue weighted by Gasteiger charge is 2.17. The van der Waals surface area contributed by atoms with Gasteiger partial charge in [-0.25, -0.2) is 0 Å². The Bertz CT molecular complexity index is 781. The van der Waals surface area contributed by atoms with Crippen molar-refractivity contribution in [2.45, 2.75) is 19.3 Å². The van der Waals surface area contributed by atoms with Crippen LogP contribution in [-0.4, -0.2) is 52.4 Å². The molecule has 2 N–H and O–H groups in total. The van der Waals surface area contributed by atoms with Gasteiger partial charge in [-0.1, -0.05) is 12.1 Å². The van der Waals surface area contributed by atoms with Gasteiger partial charge in [-0.2, -0.15) is 0 Å². The number of benzene rings is 2. The smallest absolute Gasteiger partial charge is 0.231 e. The monoisotopic (exact) mass is 390 g/mol. The van der Waals surface area contributed by atoms with E-state index in [2.05, 4.69) is 0 Å². The van der Waals surface area contributed by atoms with Crippen LogP contribution in [0.3, 0.4) is 0 Å². The van der Waals surface area contributed by atoms with E-state index in [4.69, 9.17) is 23.7 Å². The first-order chi connectivity index (χ1) is 13.6. The number of nitrogens with one attached hydrogen (secondary N) is 1. The zero-order valence-corrected chi connectivity index (χ0v) is 16.6. The fourth-order valence-electron chi connectivity index (χ4n) is 3.29. The lowest BCUT2D eigenvalue weighted by atomic mass is 10.1. The SMILES string of the molecule is COc1cccc(C[NH+](C)C[C@@H](O)COCc2ccc3c(c2)OCO3)c1OC. The Labute approximate surface area is 165 Å². The van der Waals surface area contributed by atoms with Crippen molar-refractivity contribution in [2.24, 2.45) is 0 Å². The molecule has 0 amide bonds. The van der Waals surface area contributed by atoms with Crippen molar-refractivity contribution >= 4 is 0 Å². The molecule has 0 spiro atoms. The molecule has 3 rings (SSSR count). The topological polar surface area (TPSA) is 70.8 Å². The first-order valence-electron chi connectivity index (χ1n) is 9.26. The van der Waals surface area contributed by atoms with Crippen LogP contribution in [-0.2, 0) is 17.9 Å². The van der Waals surface area contributed by atoms with E-state index < -0.39 is 6.10 Å². The molecule has 2 aromatic carbocycles. The van der Waals surface area contributed by atoms with Crippen molar-refractivity contribution in [1.82, 2.24) is 0 Å². The summed E-state index contributed by atoms with van der Waals surface area (Å²) in [6.45, 7) is 2.20. The maximum absolute atomic E-state index is 10.3. The fourth-order valence-corrected chi connectivity index (χ4v) is 3.29. The Kier molecular flexibility index (Phi) is 6.97. The Morgan fingerprint density at radius 2 is 1.93 bits per heavy atom. The van der Waals surface area contributed by atoms with E-state index in [1.54, 1.807) is 14.2 Å². The maximum atomic E-state index is 10.3. The third-order valence-electron chi connectivity index (χ3n) is 4.58. The third kappa shape index (κ3) is 5.07. The first kappa shape index (κ1) is 20.3. The second-order valence-corrected chi connectivity index (χ2v) is 6.85. The molecule has 7 heteroatoms. The molecular formula is C21H28NO6+. The standard InChI is InChI=1S/C21H27NO6/c1-22(10-16-5-4-6-19(24-2)21(16)25-3)11-17(23)13-26-12-15-7-8-18-20(9-15)28-14-27-18/h4-9,17,23H,10-14H2,1-3H3/p+1/t17-/m1/s1. The van der Waals surface area contributed by atoms with Crippen LogP contribution in [0.5, 0.6) is 23.0 Å². The van der Waals surface area contributed by atoms with Gasteiger partial charge in [-0.3, -0.25) is 0 Å². The number of methoxy groups -OCH3 is 2. The second-order valence-electron chi connectivity index (χ2n) is 6.85. The number of hydrogen-bond acceptors (Lipinski definition) is 6. The predicted octanol–water partition coefficient (Wildman–Crippen LogP) is 1.02. The second kappa shape index (κ2) is 9.64. The molecule has 0 saturated carbocycles. The summed E-state index contributed by atoms with van der Waals surface area (Å²) >= 11 is 0. The largest absolute Gasteiger partial charge is 0.493 e. The van der Waals surface area contributed by atoms with E-state index in [9.17, 15) is 5.11 Å². The Hall–Kier alpha value is -2.48. The molecule has 0 fully saturated rings. The summed E-state index contributed by atoms with van der Waals surface area (Å²) in [6, 6.07) is 11.5. The van der Waals surface area contributed by atoms with Crippen LogP contribution in [0.25, 0.3) is 0 Å². The number of likely N-dealkylation sites (N-methyl/N-ethyl adjacent to an activating group) is 1. The van der Waals surface area contributed by atoms with E-state index >= 15 is 0 Å². The molecular weight excluding hydrogens is 362 g/mol. The van der Waals surface area contributed by atoms with Crippen molar-refractivity contribution in [3.05, 3.63) is 47.5 Å². The molecule has 2 aromatic rings. The molecule has 0 aromatic heterocycles. The summed E-state index contributed by atoms with van der Waals surface area (Å²) in [5.41, 5.74) is 2.02. The van der Waals surface area contributed by atoms with Gasteiger partial charge in [-0.05, 0) is 29.8 Å². The van der Waals surface area contributed by atoms with Crippen molar-refractivity contribution in [3.8, 4) is 23.0 Å². The minimum absolute atomic E-state index is 0.255. The summed E-state index contributed by atoms with van der Waals surface area (Å²) in [5, 5.41) is 10.3. The number of rotatable bonds is 10. The molecule has 2 atom stereocenters. The highest BCUT2D eigenvalue weighted by molar-refractivity contribution is 5.46. The molecule has 1 aliphatic rings. The average Bonchev–Trinajstić information content (AvgIpc) is 3.15. The summed E-state index contributed by atoms with van der Waals surface area (Å²) in [5.74, 6) is 2.93. The zero-order chi connectivity index (χ0) is 19.9. The number of aliphatic hydroxyl groups excluding tert-OH is 1. The normalized spacial score (nSPS) is 14.6. The van der Waals surface area contributed by atoms with Crippen LogP contribution in [0.2, 0.25) is 0 Å². The maximum Gasteiger partial charge on any atom is 0.231 e. The van der Waals surface area contributed by atoms with Gasteiger partial charge in [0, 0.05) is 0 Å². The van der Waals surface area contributed by atoms with E-state index in [-0.39, 0.29) is 13.4 Å². The molecule has 152 valence electrons. The lowest BCUT2D eigenvalue weighted by Crippen LogP contribution is -3.08. The van der Waals surface area contributed by atoms with Gasteiger partial charge in [0.05, 0.1) is 40.0 Å². The van der Waals surface area contributed by atoms with Crippen molar-refractivity contribution in [1.29, 1.82) is 0 Å². The highest BCUT2D eigenvalue weighted by atomic mass is 16.7. The molecule has 7 nitrogen and oxygen atoms in total. The highest BCUT2D eigenvalue weighted by Crippen LogP contribution is 2.32. The molecule has 0 bridgehead atoms. The van der Waals surface area contributed by atoms with Gasteiger partial charge in [0.25, 0.3) is 0 Å². The van der Waals surface area contributed by atoms with Gasteiger partial charge in [0.2, 0.25) is 6.79 Å². The van der Waals surface area contributed by atoms with Crippen molar-refractivity contribution in [2.75, 3.05) is 41.2 Å². The van der Waals surface area contributed by atoms with E-state index in [1.165, 1.54) is 0 Å². The zero-order valence-electron chi connectivity index (χ0n) is 16.6. The summed E-state index contributed by atoms with van der Waals surface area (Å²) in [4.78, 5) is 1.14. The molecule has 0 saturated heterocycles. The number of para-hydroxylation sites is 1. The van der Waals surface area contributed by atoms with Crippen molar-refractivity contribution in [3.63, 3.8) is 0 Å². The van der Waals surface area contributed by atoms with E-state index in [1.807, 2.05) is 43.4 Å². The van der Waals surface area contributed by atoms with Crippen LogP contribution < -0.4 is 23.8 Å². The fraction of sp³-hybridized carbons (Fsp3) is 0.429. The van der Waals surface area contributed by atoms with Crippen molar-refractivity contribution < 1.29 is 33.7 Å². The average molecular weight is 390 g/mol. The van der Waals surface area contributed by atoms with Crippen LogP contribution in [0.1, 0.15) is 11.1 Å². The molecule has 1 aliphatic heterocycles. The Balaban J connectivity index is 1.45. The summed E-state index contributed by atoms with van der Waals surface area (Å²) in [6.07, 6.45) is -0.564. The Morgan fingerprint density at radius 3 is 2.71 bits per heavy atom. The van der Waals surface area contributed by atoms with Crippen LogP contribution >= 0.6 is 0 Å². The Morgan fingerprint density at radius 1 is 1.11 bits per heavy atom. The minimum atomic E-state index is -0.564. The van der Waals surface area contributed by atoms with Crippen LogP contribution in [0.4, 0.5) is 0 Å². The lowest BCUT2D eigenvalue weighted by molar-refractivity contribution is -0.897. The molecule has 1 unspecified atom stereocenters. The van der Waals surface area contributed by atoms with Gasteiger partial charge >= 0.3 is 0 Å². The lowest BCUT2D eigenvalue weighted by Gasteiger charge is -2.20. The van der Waals surface area contributed by atoms with E-state index in [0.717, 1.165) is 33.3 Å². The summed E-state index contributed by atoms with van der Waals surface area (Å²) < 4.78 is 27.1. The number of ether oxygens (including phenoxy) is 5. The summed E-state index contributed by atoms with van der Waals surface area (Å²) in [7, 11) is 5.29. The van der Waals surface area contributed by atoms with Gasteiger partial charge in [0.1, 0.15) is 19.2 Å². The number of quaternary nitrogens is 1. The van der Waals surface area contributed by atoms with Gasteiger partial charge < -0.3 is 33.7 Å². The minimum Gasteiger partial charge on any atom is -0.493 e. The number of aliphatic hydroxyl groups is 1. The van der Waals surface area contributed by atoms with Crippen LogP contribution in [0, 0.1) is 0 Å². The quantitative estimate of drug-likeness (QED) is 0.631. The van der Waals surface area contributed by atoms with E-state index in [0.29, 0.717) is 25.4 Å². The van der Waals surface area contributed by atoms with Gasteiger partial charge in [0.15, 0.2) is 23.0 Å². The first-order valence-corrected chi connectivity index (χ1v) is 9.26. The molecule has 0 radical (unpaired) electrons.